The van der Waals surface area contributed by atoms with Crippen LogP contribution < -0.4 is 5.32 Å². The van der Waals surface area contributed by atoms with Crippen molar-refractivity contribution in [2.75, 3.05) is 25.5 Å². The summed E-state index contributed by atoms with van der Waals surface area (Å²) in [5, 5.41) is 2.78. The monoisotopic (exact) mass is 272 g/mol. The Bertz CT molecular complexity index is 437. The molecule has 1 heterocycles. The largest absolute Gasteiger partial charge is 0.382 e. The Balaban J connectivity index is 1.88. The zero-order valence-corrected chi connectivity index (χ0v) is 11.1. The third-order valence-corrected chi connectivity index (χ3v) is 3.71. The number of rotatable bonds is 4. The van der Waals surface area contributed by atoms with Gasteiger partial charge in [0.15, 0.2) is 11.6 Å². The van der Waals surface area contributed by atoms with E-state index in [4.69, 9.17) is 0 Å². The zero-order chi connectivity index (χ0) is 13.8. The van der Waals surface area contributed by atoms with Crippen molar-refractivity contribution in [1.82, 2.24) is 4.90 Å². The normalized spacial score (nSPS) is 20.5. The van der Waals surface area contributed by atoms with Crippen LogP contribution in [0.3, 0.4) is 0 Å². The second kappa shape index (κ2) is 6.28. The van der Waals surface area contributed by atoms with Crippen LogP contribution in [0.15, 0.2) is 12.1 Å². The van der Waals surface area contributed by atoms with Gasteiger partial charge in [-0.25, -0.2) is 13.2 Å². The number of anilines is 1. The lowest BCUT2D eigenvalue weighted by atomic mass is 10.0. The second-order valence-corrected chi connectivity index (χ2v) is 5.09. The molecule has 1 atom stereocenters. The van der Waals surface area contributed by atoms with Crippen LogP contribution >= 0.6 is 0 Å². The molecule has 0 aliphatic carbocycles. The molecule has 0 bridgehead atoms. The van der Waals surface area contributed by atoms with Crippen LogP contribution in [0, 0.1) is 17.5 Å². The van der Waals surface area contributed by atoms with Crippen LogP contribution in [0.4, 0.5) is 18.9 Å². The van der Waals surface area contributed by atoms with Gasteiger partial charge in [0, 0.05) is 24.7 Å². The highest BCUT2D eigenvalue weighted by molar-refractivity contribution is 5.45. The number of benzene rings is 1. The molecule has 106 valence electrons. The molecule has 1 unspecified atom stereocenters. The number of hydrogen-bond acceptors (Lipinski definition) is 2. The van der Waals surface area contributed by atoms with Gasteiger partial charge in [0.25, 0.3) is 0 Å². The van der Waals surface area contributed by atoms with Gasteiger partial charge in [-0.3, -0.25) is 0 Å². The fourth-order valence-corrected chi connectivity index (χ4v) is 2.57. The van der Waals surface area contributed by atoms with Crippen molar-refractivity contribution < 1.29 is 13.2 Å². The van der Waals surface area contributed by atoms with Crippen molar-refractivity contribution in [2.24, 2.45) is 0 Å². The molecule has 2 nitrogen and oxygen atoms in total. The van der Waals surface area contributed by atoms with Crippen LogP contribution in [0.5, 0.6) is 0 Å². The first-order valence-corrected chi connectivity index (χ1v) is 6.66. The van der Waals surface area contributed by atoms with Gasteiger partial charge in [0.05, 0.1) is 5.69 Å². The quantitative estimate of drug-likeness (QED) is 0.845. The van der Waals surface area contributed by atoms with Gasteiger partial charge in [-0.15, -0.1) is 0 Å². The summed E-state index contributed by atoms with van der Waals surface area (Å²) < 4.78 is 39.4. The van der Waals surface area contributed by atoms with Crippen LogP contribution in [0.2, 0.25) is 0 Å². The maximum atomic E-state index is 13.4. The van der Waals surface area contributed by atoms with E-state index in [2.05, 4.69) is 17.3 Å². The standard InChI is InChI=1S/C14H19F3N2/c1-19-7-3-2-4-11(19)5-6-18-13-9-10(15)8-12(16)14(13)17/h8-9,11,18H,2-7H2,1H3. The fraction of sp³-hybridized carbons (Fsp3) is 0.571. The highest BCUT2D eigenvalue weighted by Crippen LogP contribution is 2.21. The summed E-state index contributed by atoms with van der Waals surface area (Å²) in [4.78, 5) is 2.29. The van der Waals surface area contributed by atoms with Gasteiger partial charge in [-0.1, -0.05) is 6.42 Å². The number of nitrogens with one attached hydrogen (secondary N) is 1. The third-order valence-electron chi connectivity index (χ3n) is 3.71. The predicted molar refractivity (Wildman–Crippen MR) is 69.7 cm³/mol. The van der Waals surface area contributed by atoms with E-state index in [0.29, 0.717) is 18.7 Å². The van der Waals surface area contributed by atoms with E-state index in [1.165, 1.54) is 12.8 Å². The van der Waals surface area contributed by atoms with Gasteiger partial charge in [-0.2, -0.15) is 0 Å². The predicted octanol–water partition coefficient (Wildman–Crippen LogP) is 3.39. The van der Waals surface area contributed by atoms with E-state index in [9.17, 15) is 13.2 Å². The van der Waals surface area contributed by atoms with E-state index in [-0.39, 0.29) is 5.69 Å². The summed E-state index contributed by atoms with van der Waals surface area (Å²) in [5.41, 5.74) is -0.101. The minimum absolute atomic E-state index is 0.101. The molecular weight excluding hydrogens is 253 g/mol. The first kappa shape index (κ1) is 14.2. The average molecular weight is 272 g/mol. The highest BCUT2D eigenvalue weighted by Gasteiger charge is 2.18. The minimum atomic E-state index is -1.16. The number of piperidine rings is 1. The summed E-state index contributed by atoms with van der Waals surface area (Å²) in [6, 6.07) is 2.00. The van der Waals surface area contributed by atoms with Crippen LogP contribution in [0.1, 0.15) is 25.7 Å². The van der Waals surface area contributed by atoms with Gasteiger partial charge in [-0.05, 0) is 32.9 Å². The lowest BCUT2D eigenvalue weighted by molar-refractivity contribution is 0.179. The molecule has 2 rings (SSSR count). The van der Waals surface area contributed by atoms with Crippen LogP contribution in [0.25, 0.3) is 0 Å². The molecule has 19 heavy (non-hydrogen) atoms. The highest BCUT2D eigenvalue weighted by atomic mass is 19.2. The summed E-state index contributed by atoms with van der Waals surface area (Å²) >= 11 is 0. The lowest BCUT2D eigenvalue weighted by Crippen LogP contribution is -2.37. The summed E-state index contributed by atoms with van der Waals surface area (Å²) in [6.45, 7) is 1.59. The third kappa shape index (κ3) is 3.62. The molecule has 0 radical (unpaired) electrons. The Labute approximate surface area is 111 Å². The average Bonchev–Trinajstić information content (AvgIpc) is 2.37. The number of halogens is 3. The van der Waals surface area contributed by atoms with Crippen molar-refractivity contribution in [1.29, 1.82) is 0 Å². The van der Waals surface area contributed by atoms with E-state index in [1.807, 2.05) is 0 Å². The molecule has 1 saturated heterocycles. The molecular formula is C14H19F3N2. The van der Waals surface area contributed by atoms with Crippen molar-refractivity contribution >= 4 is 5.69 Å². The molecule has 1 aromatic carbocycles. The van der Waals surface area contributed by atoms with Gasteiger partial charge >= 0.3 is 0 Å². The zero-order valence-electron chi connectivity index (χ0n) is 11.1. The van der Waals surface area contributed by atoms with Crippen molar-refractivity contribution in [3.8, 4) is 0 Å². The Morgan fingerprint density at radius 2 is 2.05 bits per heavy atom. The molecule has 0 saturated carbocycles. The van der Waals surface area contributed by atoms with Crippen molar-refractivity contribution in [3.05, 3.63) is 29.6 Å². The van der Waals surface area contributed by atoms with E-state index in [1.54, 1.807) is 0 Å². The second-order valence-electron chi connectivity index (χ2n) is 5.09. The molecule has 0 aromatic heterocycles. The smallest absolute Gasteiger partial charge is 0.182 e. The number of nitrogens with zero attached hydrogens (tertiary/aromatic N) is 1. The molecule has 1 aliphatic rings. The Morgan fingerprint density at radius 3 is 2.79 bits per heavy atom. The molecule has 5 heteroatoms. The number of likely N-dealkylation sites (tertiary alicyclic amines) is 1. The van der Waals surface area contributed by atoms with E-state index in [0.717, 1.165) is 25.5 Å². The first-order chi connectivity index (χ1) is 9.08. The molecule has 1 aliphatic heterocycles. The Hall–Kier alpha value is -1.23. The molecule has 1 fully saturated rings. The Morgan fingerprint density at radius 1 is 1.26 bits per heavy atom. The fourth-order valence-electron chi connectivity index (χ4n) is 2.57. The topological polar surface area (TPSA) is 15.3 Å². The molecule has 0 spiro atoms. The summed E-state index contributed by atoms with van der Waals surface area (Å²) in [6.07, 6.45) is 4.38. The summed E-state index contributed by atoms with van der Waals surface area (Å²) in [7, 11) is 2.08. The van der Waals surface area contributed by atoms with Gasteiger partial charge in [0.1, 0.15) is 5.82 Å². The molecule has 1 aromatic rings. The van der Waals surface area contributed by atoms with Crippen LogP contribution in [-0.4, -0.2) is 31.1 Å². The van der Waals surface area contributed by atoms with Crippen molar-refractivity contribution in [3.63, 3.8) is 0 Å². The van der Waals surface area contributed by atoms with E-state index < -0.39 is 17.5 Å². The van der Waals surface area contributed by atoms with Gasteiger partial charge in [0.2, 0.25) is 0 Å². The first-order valence-electron chi connectivity index (χ1n) is 6.66. The Kier molecular flexibility index (Phi) is 4.69. The molecule has 0 amide bonds. The van der Waals surface area contributed by atoms with Gasteiger partial charge < -0.3 is 10.2 Å². The van der Waals surface area contributed by atoms with E-state index >= 15 is 0 Å². The minimum Gasteiger partial charge on any atom is -0.382 e. The summed E-state index contributed by atoms with van der Waals surface area (Å²) in [5.74, 6) is -2.94. The molecule has 1 N–H and O–H groups in total. The van der Waals surface area contributed by atoms with Crippen molar-refractivity contribution in [2.45, 2.75) is 31.7 Å². The maximum Gasteiger partial charge on any atom is 0.182 e. The maximum absolute atomic E-state index is 13.4. The lowest BCUT2D eigenvalue weighted by Gasteiger charge is -2.32. The SMILES string of the molecule is CN1CCCCC1CCNc1cc(F)cc(F)c1F. The van der Waals surface area contributed by atoms with Crippen LogP contribution in [-0.2, 0) is 0 Å². The number of hydrogen-bond donors (Lipinski definition) is 1.